The Labute approximate surface area is 125 Å². The molecule has 0 radical (unpaired) electrons. The van der Waals surface area contributed by atoms with E-state index in [1.165, 1.54) is 0 Å². The second-order valence-electron chi connectivity index (χ2n) is 4.72. The molecule has 2 rings (SSSR count). The first-order valence-electron chi connectivity index (χ1n) is 6.87. The van der Waals surface area contributed by atoms with Crippen LogP contribution < -0.4 is 15.0 Å². The van der Waals surface area contributed by atoms with Gasteiger partial charge in [-0.05, 0) is 24.6 Å². The molecule has 2 aromatic carbocycles. The van der Waals surface area contributed by atoms with Crippen molar-refractivity contribution in [3.63, 3.8) is 0 Å². The predicted molar refractivity (Wildman–Crippen MR) is 82.3 cm³/mol. The van der Waals surface area contributed by atoms with Crippen LogP contribution in [0.15, 0.2) is 48.5 Å². The average molecular weight is 287 g/mol. The van der Waals surface area contributed by atoms with E-state index in [0.29, 0.717) is 6.61 Å². The van der Waals surface area contributed by atoms with Gasteiger partial charge in [-0.15, -0.1) is 0 Å². The van der Waals surface area contributed by atoms with Crippen LogP contribution in [0.5, 0.6) is 11.5 Å². The van der Waals surface area contributed by atoms with Gasteiger partial charge in [0.1, 0.15) is 11.5 Å². The van der Waals surface area contributed by atoms with Gasteiger partial charge in [0.25, 0.3) is 0 Å². The van der Waals surface area contributed by atoms with Crippen LogP contribution in [0.3, 0.4) is 0 Å². The number of rotatable bonds is 7. The van der Waals surface area contributed by atoms with Gasteiger partial charge in [0.2, 0.25) is 0 Å². The van der Waals surface area contributed by atoms with Crippen molar-refractivity contribution in [2.45, 2.75) is 19.6 Å². The van der Waals surface area contributed by atoms with Gasteiger partial charge >= 0.3 is 0 Å². The molecule has 0 bridgehead atoms. The predicted octanol–water partition coefficient (Wildman–Crippen LogP) is 3.49. The third-order valence-corrected chi connectivity index (χ3v) is 3.25. The molecule has 112 valence electrons. The zero-order valence-electron chi connectivity index (χ0n) is 12.6. The zero-order chi connectivity index (χ0) is 15.1. The van der Waals surface area contributed by atoms with Gasteiger partial charge in [-0.1, -0.05) is 30.3 Å². The first-order chi connectivity index (χ1) is 10.2. The van der Waals surface area contributed by atoms with Crippen LogP contribution in [0.1, 0.15) is 24.1 Å². The Bertz CT molecular complexity index is 557. The van der Waals surface area contributed by atoms with Crippen LogP contribution in [0.25, 0.3) is 0 Å². The first-order valence-corrected chi connectivity index (χ1v) is 6.87. The van der Waals surface area contributed by atoms with Crippen molar-refractivity contribution < 1.29 is 14.3 Å². The van der Waals surface area contributed by atoms with Gasteiger partial charge < -0.3 is 9.47 Å². The second kappa shape index (κ2) is 7.67. The van der Waals surface area contributed by atoms with E-state index in [-0.39, 0.29) is 6.04 Å². The number of ether oxygens (including phenoxy) is 2. The number of nitrogens with one attached hydrogen (secondary N) is 1. The maximum atomic E-state index is 5.56. The summed E-state index contributed by atoms with van der Waals surface area (Å²) < 4.78 is 10.6. The summed E-state index contributed by atoms with van der Waals surface area (Å²) in [7, 11) is 3.29. The molecular formula is C17H21NO3. The van der Waals surface area contributed by atoms with Crippen molar-refractivity contribution in [3.05, 3.63) is 59.7 Å². The Hall–Kier alpha value is -2.04. The smallest absolute Gasteiger partial charge is 0.127 e. The number of benzene rings is 2. The number of hydrogen-bond donors (Lipinski definition) is 1. The molecule has 0 aromatic heterocycles. The summed E-state index contributed by atoms with van der Waals surface area (Å²) in [6.07, 6.45) is 0. The summed E-state index contributed by atoms with van der Waals surface area (Å²) in [6.45, 7) is 2.54. The van der Waals surface area contributed by atoms with Crippen molar-refractivity contribution in [2.24, 2.45) is 0 Å². The normalized spacial score (nSPS) is 12.0. The highest BCUT2D eigenvalue weighted by Gasteiger charge is 2.12. The van der Waals surface area contributed by atoms with Crippen LogP contribution in [0, 0.1) is 0 Å². The standard InChI is InChI=1S/C17H21NO3/c1-13(18-21-12-14-7-5-4-6-8-14)16-10-9-15(19-2)11-17(16)20-3/h4-11,13,18H,12H2,1-3H3. The molecule has 21 heavy (non-hydrogen) atoms. The molecule has 4 nitrogen and oxygen atoms in total. The van der Waals surface area contributed by atoms with Gasteiger partial charge in [0.05, 0.1) is 26.9 Å². The van der Waals surface area contributed by atoms with E-state index in [1.807, 2.05) is 55.5 Å². The fourth-order valence-corrected chi connectivity index (χ4v) is 2.06. The van der Waals surface area contributed by atoms with Crippen LogP contribution in [-0.2, 0) is 11.4 Å². The molecule has 1 atom stereocenters. The van der Waals surface area contributed by atoms with Crippen LogP contribution >= 0.6 is 0 Å². The lowest BCUT2D eigenvalue weighted by Gasteiger charge is -2.17. The minimum atomic E-state index is 0.00886. The molecule has 4 heteroatoms. The molecule has 0 spiro atoms. The van der Waals surface area contributed by atoms with E-state index in [1.54, 1.807) is 14.2 Å². The van der Waals surface area contributed by atoms with Gasteiger partial charge in [-0.25, -0.2) is 0 Å². The Morgan fingerprint density at radius 2 is 1.76 bits per heavy atom. The Balaban J connectivity index is 1.95. The van der Waals surface area contributed by atoms with Crippen LogP contribution in [0.2, 0.25) is 0 Å². The van der Waals surface area contributed by atoms with E-state index >= 15 is 0 Å². The van der Waals surface area contributed by atoms with E-state index in [2.05, 4.69) is 5.48 Å². The summed E-state index contributed by atoms with van der Waals surface area (Å²) in [4.78, 5) is 5.56. The Morgan fingerprint density at radius 1 is 1.00 bits per heavy atom. The largest absolute Gasteiger partial charge is 0.497 e. The SMILES string of the molecule is COc1ccc(C(C)NOCc2ccccc2)c(OC)c1. The highest BCUT2D eigenvalue weighted by atomic mass is 16.6. The quantitative estimate of drug-likeness (QED) is 0.791. The van der Waals surface area contributed by atoms with E-state index < -0.39 is 0 Å². The monoisotopic (exact) mass is 287 g/mol. The third-order valence-electron chi connectivity index (χ3n) is 3.25. The highest BCUT2D eigenvalue weighted by Crippen LogP contribution is 2.29. The summed E-state index contributed by atoms with van der Waals surface area (Å²) >= 11 is 0. The first kappa shape index (κ1) is 15.4. The fraction of sp³-hybridized carbons (Fsp3) is 0.294. The van der Waals surface area contributed by atoms with Crippen molar-refractivity contribution in [1.82, 2.24) is 5.48 Å². The molecule has 0 aliphatic rings. The van der Waals surface area contributed by atoms with Crippen molar-refractivity contribution in [3.8, 4) is 11.5 Å². The Morgan fingerprint density at radius 3 is 2.43 bits per heavy atom. The molecule has 1 N–H and O–H groups in total. The van der Waals surface area contributed by atoms with Gasteiger partial charge in [-0.3, -0.25) is 4.84 Å². The van der Waals surface area contributed by atoms with Crippen molar-refractivity contribution in [1.29, 1.82) is 0 Å². The molecule has 0 saturated carbocycles. The lowest BCUT2D eigenvalue weighted by molar-refractivity contribution is 0.00653. The average Bonchev–Trinajstić information content (AvgIpc) is 2.55. The minimum Gasteiger partial charge on any atom is -0.497 e. The van der Waals surface area contributed by atoms with Gasteiger partial charge in [0.15, 0.2) is 0 Å². The van der Waals surface area contributed by atoms with E-state index in [9.17, 15) is 0 Å². The molecule has 0 amide bonds. The van der Waals surface area contributed by atoms with E-state index in [0.717, 1.165) is 22.6 Å². The molecule has 0 saturated heterocycles. The summed E-state index contributed by atoms with van der Waals surface area (Å²) in [5.41, 5.74) is 5.18. The summed E-state index contributed by atoms with van der Waals surface area (Å²) in [5.74, 6) is 1.55. The maximum absolute atomic E-state index is 5.56. The maximum Gasteiger partial charge on any atom is 0.127 e. The van der Waals surface area contributed by atoms with Gasteiger partial charge in [-0.2, -0.15) is 5.48 Å². The topological polar surface area (TPSA) is 39.7 Å². The minimum absolute atomic E-state index is 0.00886. The van der Waals surface area contributed by atoms with Crippen LogP contribution in [0.4, 0.5) is 0 Å². The molecular weight excluding hydrogens is 266 g/mol. The van der Waals surface area contributed by atoms with E-state index in [4.69, 9.17) is 14.3 Å². The lowest BCUT2D eigenvalue weighted by Crippen LogP contribution is -2.19. The number of methoxy groups -OCH3 is 2. The second-order valence-corrected chi connectivity index (χ2v) is 4.72. The molecule has 2 aromatic rings. The molecule has 0 heterocycles. The molecule has 1 unspecified atom stereocenters. The third kappa shape index (κ3) is 4.21. The molecule has 0 aliphatic carbocycles. The highest BCUT2D eigenvalue weighted by molar-refractivity contribution is 5.42. The van der Waals surface area contributed by atoms with Gasteiger partial charge in [0, 0.05) is 11.6 Å². The number of hydrogen-bond acceptors (Lipinski definition) is 4. The molecule has 0 aliphatic heterocycles. The lowest BCUT2D eigenvalue weighted by atomic mass is 10.1. The summed E-state index contributed by atoms with van der Waals surface area (Å²) in [6, 6.07) is 15.8. The Kier molecular flexibility index (Phi) is 5.60. The van der Waals surface area contributed by atoms with Crippen molar-refractivity contribution >= 4 is 0 Å². The fourth-order valence-electron chi connectivity index (χ4n) is 2.06. The van der Waals surface area contributed by atoms with Crippen LogP contribution in [-0.4, -0.2) is 14.2 Å². The summed E-state index contributed by atoms with van der Waals surface area (Å²) in [5, 5.41) is 0. The van der Waals surface area contributed by atoms with Crippen molar-refractivity contribution in [2.75, 3.05) is 14.2 Å². The zero-order valence-corrected chi connectivity index (χ0v) is 12.6. The number of hydroxylamine groups is 1. The molecule has 0 fully saturated rings.